The predicted molar refractivity (Wildman–Crippen MR) is 74.2 cm³/mol. The predicted octanol–water partition coefficient (Wildman–Crippen LogP) is 2.90. The standard InChI is InChI=1S/C15H28N2O/c1-2-3-10-14-15(18)17(12-16-14)11-6-9-13-7-4-5-8-13/h13-14,16H,2-12H2,1H3. The van der Waals surface area contributed by atoms with Crippen LogP contribution in [0.2, 0.25) is 0 Å². The summed E-state index contributed by atoms with van der Waals surface area (Å²) in [4.78, 5) is 14.1. The van der Waals surface area contributed by atoms with E-state index in [4.69, 9.17) is 0 Å². The summed E-state index contributed by atoms with van der Waals surface area (Å²) in [5.74, 6) is 1.29. The van der Waals surface area contributed by atoms with Crippen LogP contribution in [0.1, 0.15) is 64.7 Å². The van der Waals surface area contributed by atoms with Gasteiger partial charge in [-0.15, -0.1) is 0 Å². The van der Waals surface area contributed by atoms with Gasteiger partial charge in [0.15, 0.2) is 0 Å². The molecule has 1 saturated carbocycles. The minimum atomic E-state index is 0.108. The van der Waals surface area contributed by atoms with Gasteiger partial charge in [0, 0.05) is 6.54 Å². The number of carbonyl (C=O) groups is 1. The third-order valence-corrected chi connectivity index (χ3v) is 4.50. The molecule has 104 valence electrons. The van der Waals surface area contributed by atoms with Gasteiger partial charge >= 0.3 is 0 Å². The molecule has 1 heterocycles. The van der Waals surface area contributed by atoms with Crippen LogP contribution >= 0.6 is 0 Å². The van der Waals surface area contributed by atoms with Crippen molar-refractivity contribution in [2.75, 3.05) is 13.2 Å². The van der Waals surface area contributed by atoms with Crippen LogP contribution in [0.15, 0.2) is 0 Å². The first kappa shape index (κ1) is 13.9. The van der Waals surface area contributed by atoms with Crippen LogP contribution in [0.3, 0.4) is 0 Å². The highest BCUT2D eigenvalue weighted by Gasteiger charge is 2.29. The van der Waals surface area contributed by atoms with E-state index in [1.165, 1.54) is 44.9 Å². The highest BCUT2D eigenvalue weighted by Crippen LogP contribution is 2.28. The maximum absolute atomic E-state index is 12.1. The van der Waals surface area contributed by atoms with Crippen molar-refractivity contribution in [1.29, 1.82) is 0 Å². The normalized spacial score (nSPS) is 25.3. The second kappa shape index (κ2) is 7.13. The number of nitrogens with zero attached hydrogens (tertiary/aromatic N) is 1. The molecule has 2 aliphatic rings. The van der Waals surface area contributed by atoms with Gasteiger partial charge < -0.3 is 4.90 Å². The second-order valence-corrected chi connectivity index (χ2v) is 5.95. The molecule has 2 fully saturated rings. The number of hydrogen-bond acceptors (Lipinski definition) is 2. The van der Waals surface area contributed by atoms with Crippen LogP contribution in [0.25, 0.3) is 0 Å². The van der Waals surface area contributed by atoms with Crippen molar-refractivity contribution in [2.45, 2.75) is 70.8 Å². The third-order valence-electron chi connectivity index (χ3n) is 4.50. The van der Waals surface area contributed by atoms with Gasteiger partial charge in [-0.05, 0) is 25.2 Å². The molecule has 18 heavy (non-hydrogen) atoms. The summed E-state index contributed by atoms with van der Waals surface area (Å²) in [6.45, 7) is 3.92. The fourth-order valence-corrected chi connectivity index (χ4v) is 3.30. The van der Waals surface area contributed by atoms with Gasteiger partial charge in [0.2, 0.25) is 5.91 Å². The number of hydrogen-bond donors (Lipinski definition) is 1. The van der Waals surface area contributed by atoms with Crippen molar-refractivity contribution >= 4 is 5.91 Å². The SMILES string of the molecule is CCCCC1NCN(CCCC2CCCC2)C1=O. The van der Waals surface area contributed by atoms with E-state index in [9.17, 15) is 4.79 Å². The quantitative estimate of drug-likeness (QED) is 0.755. The summed E-state index contributed by atoms with van der Waals surface area (Å²) in [5.41, 5.74) is 0. The van der Waals surface area contributed by atoms with Crippen LogP contribution in [0, 0.1) is 5.92 Å². The van der Waals surface area contributed by atoms with E-state index in [-0.39, 0.29) is 6.04 Å². The number of unbranched alkanes of at least 4 members (excludes halogenated alkanes) is 1. The molecule has 0 aromatic carbocycles. The number of rotatable bonds is 7. The first-order valence-electron chi connectivity index (χ1n) is 7.83. The fourth-order valence-electron chi connectivity index (χ4n) is 3.30. The maximum Gasteiger partial charge on any atom is 0.240 e. The van der Waals surface area contributed by atoms with Gasteiger partial charge in [0.05, 0.1) is 12.7 Å². The Kier molecular flexibility index (Phi) is 5.48. The minimum absolute atomic E-state index is 0.108. The van der Waals surface area contributed by atoms with Crippen molar-refractivity contribution in [3.8, 4) is 0 Å². The summed E-state index contributed by atoms with van der Waals surface area (Å²) in [7, 11) is 0. The Morgan fingerprint density at radius 3 is 2.72 bits per heavy atom. The van der Waals surface area contributed by atoms with Crippen molar-refractivity contribution in [1.82, 2.24) is 10.2 Å². The maximum atomic E-state index is 12.1. The van der Waals surface area contributed by atoms with Gasteiger partial charge in [0.1, 0.15) is 0 Å². The molecule has 0 radical (unpaired) electrons. The Morgan fingerprint density at radius 2 is 2.00 bits per heavy atom. The molecular formula is C15H28N2O. The fraction of sp³-hybridized carbons (Fsp3) is 0.933. The zero-order chi connectivity index (χ0) is 12.8. The van der Waals surface area contributed by atoms with E-state index >= 15 is 0 Å². The van der Waals surface area contributed by atoms with Gasteiger partial charge in [-0.3, -0.25) is 10.1 Å². The Balaban J connectivity index is 1.62. The van der Waals surface area contributed by atoms with Crippen LogP contribution in [-0.4, -0.2) is 30.1 Å². The molecule has 1 unspecified atom stereocenters. The van der Waals surface area contributed by atoms with E-state index in [1.807, 2.05) is 4.90 Å². The number of nitrogens with one attached hydrogen (secondary N) is 1. The van der Waals surface area contributed by atoms with Gasteiger partial charge in [-0.25, -0.2) is 0 Å². The molecule has 1 amide bonds. The van der Waals surface area contributed by atoms with Crippen molar-refractivity contribution in [3.63, 3.8) is 0 Å². The molecule has 2 rings (SSSR count). The first-order valence-corrected chi connectivity index (χ1v) is 7.83. The van der Waals surface area contributed by atoms with Crippen molar-refractivity contribution in [3.05, 3.63) is 0 Å². The van der Waals surface area contributed by atoms with Crippen LogP contribution in [-0.2, 0) is 4.79 Å². The van der Waals surface area contributed by atoms with Crippen molar-refractivity contribution < 1.29 is 4.79 Å². The summed E-state index contributed by atoms with van der Waals surface area (Å²) >= 11 is 0. The Labute approximate surface area is 111 Å². The molecule has 1 aliphatic carbocycles. The second-order valence-electron chi connectivity index (χ2n) is 5.95. The van der Waals surface area contributed by atoms with E-state index in [0.29, 0.717) is 5.91 Å². The first-order chi connectivity index (χ1) is 8.81. The molecule has 3 heteroatoms. The summed E-state index contributed by atoms with van der Waals surface area (Å²) in [6.07, 6.45) is 11.5. The lowest BCUT2D eigenvalue weighted by Crippen LogP contribution is -2.31. The molecule has 0 spiro atoms. The smallest absolute Gasteiger partial charge is 0.240 e. The minimum Gasteiger partial charge on any atom is -0.329 e. The van der Waals surface area contributed by atoms with E-state index in [0.717, 1.165) is 32.0 Å². The van der Waals surface area contributed by atoms with Gasteiger partial charge in [0.25, 0.3) is 0 Å². The van der Waals surface area contributed by atoms with Gasteiger partial charge in [-0.2, -0.15) is 0 Å². The van der Waals surface area contributed by atoms with Gasteiger partial charge in [-0.1, -0.05) is 45.4 Å². The lowest BCUT2D eigenvalue weighted by atomic mass is 10.0. The van der Waals surface area contributed by atoms with E-state index < -0.39 is 0 Å². The molecule has 1 atom stereocenters. The Hall–Kier alpha value is -0.570. The molecular weight excluding hydrogens is 224 g/mol. The molecule has 3 nitrogen and oxygen atoms in total. The summed E-state index contributed by atoms with van der Waals surface area (Å²) in [6, 6.07) is 0.108. The van der Waals surface area contributed by atoms with Crippen LogP contribution in [0.4, 0.5) is 0 Å². The lowest BCUT2D eigenvalue weighted by molar-refractivity contribution is -0.129. The number of carbonyl (C=O) groups excluding carboxylic acids is 1. The van der Waals surface area contributed by atoms with Crippen molar-refractivity contribution in [2.24, 2.45) is 5.92 Å². The largest absolute Gasteiger partial charge is 0.329 e. The zero-order valence-electron chi connectivity index (χ0n) is 11.8. The van der Waals surface area contributed by atoms with E-state index in [1.54, 1.807) is 0 Å². The Morgan fingerprint density at radius 1 is 1.22 bits per heavy atom. The highest BCUT2D eigenvalue weighted by atomic mass is 16.2. The Bertz CT molecular complexity index is 261. The molecule has 0 bridgehead atoms. The number of amides is 1. The topological polar surface area (TPSA) is 32.3 Å². The van der Waals surface area contributed by atoms with E-state index in [2.05, 4.69) is 12.2 Å². The molecule has 0 aromatic heterocycles. The summed E-state index contributed by atoms with van der Waals surface area (Å²) in [5, 5.41) is 3.35. The average molecular weight is 252 g/mol. The molecule has 0 aromatic rings. The monoisotopic (exact) mass is 252 g/mol. The third kappa shape index (κ3) is 3.71. The average Bonchev–Trinajstić information content (AvgIpc) is 2.99. The lowest BCUT2D eigenvalue weighted by Gasteiger charge is -2.16. The molecule has 1 N–H and O–H groups in total. The van der Waals surface area contributed by atoms with Crippen LogP contribution < -0.4 is 5.32 Å². The highest BCUT2D eigenvalue weighted by molar-refractivity contribution is 5.83. The zero-order valence-corrected chi connectivity index (χ0v) is 11.8. The van der Waals surface area contributed by atoms with Crippen LogP contribution in [0.5, 0.6) is 0 Å². The molecule has 1 aliphatic heterocycles. The summed E-state index contributed by atoms with van der Waals surface area (Å²) < 4.78 is 0. The molecule has 1 saturated heterocycles.